The third-order valence-corrected chi connectivity index (χ3v) is 2.65. The first-order chi connectivity index (χ1) is 9.15. The summed E-state index contributed by atoms with van der Waals surface area (Å²) in [5.41, 5.74) is 0.767. The second kappa shape index (κ2) is 7.27. The molecule has 0 bridgehead atoms. The van der Waals surface area contributed by atoms with Gasteiger partial charge in [-0.3, -0.25) is 4.79 Å². The van der Waals surface area contributed by atoms with Crippen LogP contribution in [0.4, 0.5) is 0 Å². The van der Waals surface area contributed by atoms with Crippen LogP contribution >= 0.6 is 0 Å². The van der Waals surface area contributed by atoms with Gasteiger partial charge in [0.15, 0.2) is 0 Å². The van der Waals surface area contributed by atoms with Gasteiger partial charge < -0.3 is 14.2 Å². The van der Waals surface area contributed by atoms with Crippen molar-refractivity contribution in [1.82, 2.24) is 0 Å². The second-order valence-corrected chi connectivity index (χ2v) is 3.82. The standard InChI is InChI=1S/C14H17NO4/c1-4-19-14(16)11(9-15)7-10-5-6-12(17-2)8-13(10)18-3/h5-6,8,11H,4,7H2,1-3H3. The van der Waals surface area contributed by atoms with Gasteiger partial charge in [0.05, 0.1) is 26.9 Å². The van der Waals surface area contributed by atoms with Crippen molar-refractivity contribution in [3.8, 4) is 17.6 Å². The van der Waals surface area contributed by atoms with E-state index in [0.717, 1.165) is 5.56 Å². The molecule has 0 aliphatic rings. The fourth-order valence-electron chi connectivity index (χ4n) is 1.66. The highest BCUT2D eigenvalue weighted by Crippen LogP contribution is 2.26. The maximum Gasteiger partial charge on any atom is 0.323 e. The van der Waals surface area contributed by atoms with E-state index in [1.165, 1.54) is 7.11 Å². The van der Waals surface area contributed by atoms with Crippen molar-refractivity contribution in [3.63, 3.8) is 0 Å². The predicted molar refractivity (Wildman–Crippen MR) is 69.0 cm³/mol. The molecule has 0 N–H and O–H groups in total. The molecule has 1 unspecified atom stereocenters. The summed E-state index contributed by atoms with van der Waals surface area (Å²) in [5, 5.41) is 9.03. The van der Waals surface area contributed by atoms with Crippen LogP contribution in [0.5, 0.6) is 11.5 Å². The van der Waals surface area contributed by atoms with E-state index in [4.69, 9.17) is 19.5 Å². The van der Waals surface area contributed by atoms with Gasteiger partial charge in [-0.15, -0.1) is 0 Å². The van der Waals surface area contributed by atoms with E-state index in [2.05, 4.69) is 0 Å². The number of benzene rings is 1. The topological polar surface area (TPSA) is 68.6 Å². The van der Waals surface area contributed by atoms with Crippen LogP contribution in [0.2, 0.25) is 0 Å². The van der Waals surface area contributed by atoms with E-state index < -0.39 is 11.9 Å². The van der Waals surface area contributed by atoms with Crippen molar-refractivity contribution in [1.29, 1.82) is 5.26 Å². The Labute approximate surface area is 112 Å². The first-order valence-electron chi connectivity index (χ1n) is 5.93. The largest absolute Gasteiger partial charge is 0.497 e. The molecule has 5 nitrogen and oxygen atoms in total. The minimum atomic E-state index is -0.831. The summed E-state index contributed by atoms with van der Waals surface area (Å²) in [6, 6.07) is 7.21. The molecule has 0 amide bonds. The summed E-state index contributed by atoms with van der Waals surface area (Å²) in [6.07, 6.45) is 0.252. The van der Waals surface area contributed by atoms with Gasteiger partial charge >= 0.3 is 5.97 Å². The van der Waals surface area contributed by atoms with Gasteiger partial charge in [0.25, 0.3) is 0 Å². The summed E-state index contributed by atoms with van der Waals surface area (Å²) < 4.78 is 15.2. The van der Waals surface area contributed by atoms with Crippen molar-refractivity contribution < 1.29 is 19.0 Å². The van der Waals surface area contributed by atoms with Crippen molar-refractivity contribution in [2.75, 3.05) is 20.8 Å². The van der Waals surface area contributed by atoms with Crippen molar-refractivity contribution in [3.05, 3.63) is 23.8 Å². The fourth-order valence-corrected chi connectivity index (χ4v) is 1.66. The van der Waals surface area contributed by atoms with Crippen LogP contribution in [-0.4, -0.2) is 26.8 Å². The molecule has 0 saturated heterocycles. The summed E-state index contributed by atoms with van der Waals surface area (Å²) in [7, 11) is 3.09. The molecule has 102 valence electrons. The van der Waals surface area contributed by atoms with Gasteiger partial charge in [-0.05, 0) is 18.6 Å². The summed E-state index contributed by atoms with van der Waals surface area (Å²) >= 11 is 0. The van der Waals surface area contributed by atoms with Crippen LogP contribution < -0.4 is 9.47 Å². The number of carbonyl (C=O) groups is 1. The predicted octanol–water partition coefficient (Wildman–Crippen LogP) is 1.95. The summed E-state index contributed by atoms with van der Waals surface area (Å²) in [5.74, 6) is -0.0979. The van der Waals surface area contributed by atoms with Crippen LogP contribution in [0, 0.1) is 17.2 Å². The quantitative estimate of drug-likeness (QED) is 0.734. The van der Waals surface area contributed by atoms with Gasteiger partial charge in [-0.1, -0.05) is 6.07 Å². The molecule has 0 heterocycles. The van der Waals surface area contributed by atoms with Crippen LogP contribution in [0.15, 0.2) is 18.2 Å². The molecule has 0 aliphatic heterocycles. The van der Waals surface area contributed by atoms with Crippen LogP contribution in [0.25, 0.3) is 0 Å². The molecule has 0 spiro atoms. The van der Waals surface area contributed by atoms with E-state index >= 15 is 0 Å². The Bertz CT molecular complexity index is 479. The van der Waals surface area contributed by atoms with E-state index in [9.17, 15) is 4.79 Å². The summed E-state index contributed by atoms with van der Waals surface area (Å²) in [6.45, 7) is 1.97. The smallest absolute Gasteiger partial charge is 0.323 e. The summed E-state index contributed by atoms with van der Waals surface area (Å²) in [4.78, 5) is 11.6. The van der Waals surface area contributed by atoms with Gasteiger partial charge in [0, 0.05) is 12.5 Å². The molecule has 1 aromatic rings. The second-order valence-electron chi connectivity index (χ2n) is 3.82. The molecule has 1 atom stereocenters. The monoisotopic (exact) mass is 263 g/mol. The van der Waals surface area contributed by atoms with Crippen LogP contribution in [0.3, 0.4) is 0 Å². The molecular formula is C14H17NO4. The van der Waals surface area contributed by atoms with Crippen molar-refractivity contribution in [2.45, 2.75) is 13.3 Å². The number of hydrogen-bond donors (Lipinski definition) is 0. The number of ether oxygens (including phenoxy) is 3. The lowest BCUT2D eigenvalue weighted by Crippen LogP contribution is -2.18. The molecule has 0 saturated carbocycles. The van der Waals surface area contributed by atoms with Gasteiger partial charge in [0.2, 0.25) is 0 Å². The van der Waals surface area contributed by atoms with Crippen LogP contribution in [0.1, 0.15) is 12.5 Å². The fraction of sp³-hybridized carbons (Fsp3) is 0.429. The van der Waals surface area contributed by atoms with E-state index in [0.29, 0.717) is 11.5 Å². The lowest BCUT2D eigenvalue weighted by molar-refractivity contribution is -0.145. The Kier molecular flexibility index (Phi) is 5.68. The number of esters is 1. The molecule has 1 rings (SSSR count). The third-order valence-electron chi connectivity index (χ3n) is 2.65. The molecule has 0 fully saturated rings. The van der Waals surface area contributed by atoms with Crippen molar-refractivity contribution >= 4 is 5.97 Å². The first-order valence-corrected chi connectivity index (χ1v) is 5.93. The van der Waals surface area contributed by atoms with E-state index in [1.807, 2.05) is 6.07 Å². The average molecular weight is 263 g/mol. The Morgan fingerprint density at radius 2 is 2.11 bits per heavy atom. The minimum absolute atomic E-state index is 0.252. The van der Waals surface area contributed by atoms with E-state index in [-0.39, 0.29) is 13.0 Å². The number of rotatable bonds is 6. The van der Waals surface area contributed by atoms with Crippen molar-refractivity contribution in [2.24, 2.45) is 5.92 Å². The molecule has 0 aliphatic carbocycles. The van der Waals surface area contributed by atoms with E-state index in [1.54, 1.807) is 32.2 Å². The molecule has 0 radical (unpaired) electrons. The SMILES string of the molecule is CCOC(=O)C(C#N)Cc1ccc(OC)cc1OC. The molecular weight excluding hydrogens is 246 g/mol. The Balaban J connectivity index is 2.91. The zero-order valence-electron chi connectivity index (χ0n) is 11.3. The highest BCUT2D eigenvalue weighted by Gasteiger charge is 2.21. The minimum Gasteiger partial charge on any atom is -0.497 e. The number of methoxy groups -OCH3 is 2. The molecule has 5 heteroatoms. The molecule has 19 heavy (non-hydrogen) atoms. The van der Waals surface area contributed by atoms with Crippen LogP contribution in [-0.2, 0) is 16.0 Å². The highest BCUT2D eigenvalue weighted by atomic mass is 16.5. The maximum atomic E-state index is 11.6. The zero-order chi connectivity index (χ0) is 14.3. The lowest BCUT2D eigenvalue weighted by atomic mass is 10.00. The number of carbonyl (C=O) groups excluding carboxylic acids is 1. The normalized spacial score (nSPS) is 11.3. The van der Waals surface area contributed by atoms with Gasteiger partial charge in [-0.25, -0.2) is 0 Å². The molecule has 0 aromatic heterocycles. The first kappa shape index (κ1) is 14.8. The molecule has 1 aromatic carbocycles. The highest BCUT2D eigenvalue weighted by molar-refractivity contribution is 5.75. The third kappa shape index (κ3) is 3.88. The maximum absolute atomic E-state index is 11.6. The van der Waals surface area contributed by atoms with Gasteiger partial charge in [-0.2, -0.15) is 5.26 Å². The zero-order valence-corrected chi connectivity index (χ0v) is 11.3. The average Bonchev–Trinajstić information content (AvgIpc) is 2.44. The Hall–Kier alpha value is -2.22. The lowest BCUT2D eigenvalue weighted by Gasteiger charge is -2.12. The Morgan fingerprint density at radius 1 is 1.37 bits per heavy atom. The Morgan fingerprint density at radius 3 is 2.63 bits per heavy atom. The number of nitrogens with zero attached hydrogens (tertiary/aromatic N) is 1. The number of hydrogen-bond acceptors (Lipinski definition) is 5. The van der Waals surface area contributed by atoms with Gasteiger partial charge in [0.1, 0.15) is 17.4 Å². The number of nitriles is 1.